The molecule has 1 aliphatic rings. The van der Waals surface area contributed by atoms with Crippen LogP contribution in [0.5, 0.6) is 0 Å². The van der Waals surface area contributed by atoms with E-state index in [1.165, 1.54) is 24.1 Å². The van der Waals surface area contributed by atoms with Crippen LogP contribution in [-0.4, -0.2) is 24.5 Å². The third kappa shape index (κ3) is 1.83. The average molecular weight is 189 g/mol. The molecule has 1 saturated heterocycles. The lowest BCUT2D eigenvalue weighted by atomic mass is 9.86. The summed E-state index contributed by atoms with van der Waals surface area (Å²) < 4.78 is 0. The molecule has 0 saturated carbocycles. The predicted molar refractivity (Wildman–Crippen MR) is 60.5 cm³/mol. The zero-order chi connectivity index (χ0) is 10.1. The fraction of sp³-hybridized carbons (Fsp3) is 0.538. The van der Waals surface area contributed by atoms with Gasteiger partial charge in [-0.25, -0.2) is 0 Å². The van der Waals surface area contributed by atoms with Crippen molar-refractivity contribution in [2.45, 2.75) is 26.3 Å². The molecular formula is C13H19N. The van der Waals surface area contributed by atoms with Gasteiger partial charge in [-0.05, 0) is 31.9 Å². The molecule has 1 nitrogen and oxygen atoms in total. The van der Waals surface area contributed by atoms with Crippen molar-refractivity contribution in [3.8, 4) is 0 Å². The third-order valence-corrected chi connectivity index (χ3v) is 3.36. The first kappa shape index (κ1) is 9.72. The Morgan fingerprint density at radius 1 is 1.29 bits per heavy atom. The van der Waals surface area contributed by atoms with Gasteiger partial charge in [0.1, 0.15) is 0 Å². The number of likely N-dealkylation sites (tertiary alicyclic amines) is 1. The molecule has 1 heterocycles. The van der Waals surface area contributed by atoms with Crippen molar-refractivity contribution >= 4 is 0 Å². The molecule has 14 heavy (non-hydrogen) atoms. The van der Waals surface area contributed by atoms with Crippen LogP contribution >= 0.6 is 0 Å². The molecule has 0 N–H and O–H groups in total. The van der Waals surface area contributed by atoms with Crippen molar-refractivity contribution in [3.63, 3.8) is 0 Å². The van der Waals surface area contributed by atoms with E-state index in [1.54, 1.807) is 0 Å². The molecule has 1 heteroatoms. The van der Waals surface area contributed by atoms with E-state index in [4.69, 9.17) is 0 Å². The van der Waals surface area contributed by atoms with Gasteiger partial charge in [-0.3, -0.25) is 0 Å². The van der Waals surface area contributed by atoms with Gasteiger partial charge in [0.05, 0.1) is 0 Å². The summed E-state index contributed by atoms with van der Waals surface area (Å²) in [7, 11) is 2.22. The summed E-state index contributed by atoms with van der Waals surface area (Å²) in [5, 5.41) is 0. The Bertz CT molecular complexity index is 294. The van der Waals surface area contributed by atoms with E-state index in [0.717, 1.165) is 12.0 Å². The second kappa shape index (κ2) is 3.74. The maximum absolute atomic E-state index is 2.45. The summed E-state index contributed by atoms with van der Waals surface area (Å²) in [5.41, 5.74) is 2.82. The number of rotatable bonds is 2. The molecule has 2 unspecified atom stereocenters. The Kier molecular flexibility index (Phi) is 2.60. The largest absolute Gasteiger partial charge is 0.302 e. The molecule has 2 atom stereocenters. The van der Waals surface area contributed by atoms with Crippen LogP contribution in [0.25, 0.3) is 0 Å². The minimum Gasteiger partial charge on any atom is -0.302 e. The predicted octanol–water partition coefficient (Wildman–Crippen LogP) is 2.49. The van der Waals surface area contributed by atoms with Gasteiger partial charge in [0.25, 0.3) is 0 Å². The Balaban J connectivity index is 2.00. The van der Waals surface area contributed by atoms with Crippen molar-refractivity contribution in [2.24, 2.45) is 5.92 Å². The first-order valence-corrected chi connectivity index (χ1v) is 5.42. The monoisotopic (exact) mass is 189 g/mol. The highest BCUT2D eigenvalue weighted by Crippen LogP contribution is 2.25. The zero-order valence-electron chi connectivity index (χ0n) is 9.33. The molecule has 0 radical (unpaired) electrons. The van der Waals surface area contributed by atoms with Crippen LogP contribution in [0.2, 0.25) is 0 Å². The summed E-state index contributed by atoms with van der Waals surface area (Å²) in [6.07, 6.45) is 1.21. The van der Waals surface area contributed by atoms with E-state index in [-0.39, 0.29) is 0 Å². The fourth-order valence-electron chi connectivity index (χ4n) is 2.33. The molecule has 0 aromatic heterocycles. The molecule has 76 valence electrons. The molecule has 2 rings (SSSR count). The van der Waals surface area contributed by atoms with Gasteiger partial charge in [0, 0.05) is 12.6 Å². The number of nitrogens with zero attached hydrogens (tertiary/aromatic N) is 1. The van der Waals surface area contributed by atoms with E-state index in [0.29, 0.717) is 0 Å². The minimum atomic E-state index is 0.762. The minimum absolute atomic E-state index is 0.762. The van der Waals surface area contributed by atoms with Gasteiger partial charge in [0.2, 0.25) is 0 Å². The second-order valence-corrected chi connectivity index (χ2v) is 4.67. The summed E-state index contributed by atoms with van der Waals surface area (Å²) >= 11 is 0. The van der Waals surface area contributed by atoms with Gasteiger partial charge < -0.3 is 4.90 Å². The number of hydrogen-bond donors (Lipinski definition) is 0. The molecule has 1 aromatic carbocycles. The Labute approximate surface area is 86.7 Å². The van der Waals surface area contributed by atoms with Gasteiger partial charge in [-0.1, -0.05) is 36.8 Å². The van der Waals surface area contributed by atoms with Gasteiger partial charge in [-0.15, -0.1) is 0 Å². The Morgan fingerprint density at radius 2 is 1.93 bits per heavy atom. The van der Waals surface area contributed by atoms with E-state index >= 15 is 0 Å². The lowest BCUT2D eigenvalue weighted by molar-refractivity contribution is 0.0540. The van der Waals surface area contributed by atoms with E-state index < -0.39 is 0 Å². The molecule has 0 bridgehead atoms. The highest BCUT2D eigenvalue weighted by molar-refractivity contribution is 5.22. The standard InChI is InChI=1S/C13H19N/c1-10-4-6-12(7-5-10)8-13-11(2)9-14(13)3/h4-7,11,13H,8-9H2,1-3H3. The average Bonchev–Trinajstić information content (AvgIpc) is 2.17. The second-order valence-electron chi connectivity index (χ2n) is 4.67. The Morgan fingerprint density at radius 3 is 2.43 bits per heavy atom. The fourth-order valence-corrected chi connectivity index (χ4v) is 2.33. The van der Waals surface area contributed by atoms with Crippen molar-refractivity contribution in [3.05, 3.63) is 35.4 Å². The first-order valence-electron chi connectivity index (χ1n) is 5.42. The summed E-state index contributed by atoms with van der Waals surface area (Å²) in [5.74, 6) is 0.862. The number of hydrogen-bond acceptors (Lipinski definition) is 1. The highest BCUT2D eigenvalue weighted by Gasteiger charge is 2.32. The van der Waals surface area contributed by atoms with Crippen LogP contribution in [0.15, 0.2) is 24.3 Å². The van der Waals surface area contributed by atoms with Crippen molar-refractivity contribution in [2.75, 3.05) is 13.6 Å². The van der Waals surface area contributed by atoms with Crippen LogP contribution in [0, 0.1) is 12.8 Å². The molecule has 0 aliphatic carbocycles. The van der Waals surface area contributed by atoms with Gasteiger partial charge in [-0.2, -0.15) is 0 Å². The molecule has 0 amide bonds. The SMILES string of the molecule is Cc1ccc(CC2C(C)CN2C)cc1. The molecular weight excluding hydrogens is 170 g/mol. The van der Waals surface area contributed by atoms with E-state index in [1.807, 2.05) is 0 Å². The number of likely N-dealkylation sites (N-methyl/N-ethyl adjacent to an activating group) is 1. The van der Waals surface area contributed by atoms with E-state index in [2.05, 4.69) is 50.1 Å². The normalized spacial score (nSPS) is 27.4. The Hall–Kier alpha value is -0.820. The van der Waals surface area contributed by atoms with Crippen LogP contribution in [0.4, 0.5) is 0 Å². The van der Waals surface area contributed by atoms with Crippen LogP contribution < -0.4 is 0 Å². The van der Waals surface area contributed by atoms with E-state index in [9.17, 15) is 0 Å². The third-order valence-electron chi connectivity index (χ3n) is 3.36. The quantitative estimate of drug-likeness (QED) is 0.691. The van der Waals surface area contributed by atoms with Crippen LogP contribution in [0.1, 0.15) is 18.1 Å². The highest BCUT2D eigenvalue weighted by atomic mass is 15.2. The number of benzene rings is 1. The van der Waals surface area contributed by atoms with Gasteiger partial charge in [0.15, 0.2) is 0 Å². The maximum Gasteiger partial charge on any atom is 0.0170 e. The first-order chi connectivity index (χ1) is 6.66. The summed E-state index contributed by atoms with van der Waals surface area (Å²) in [4.78, 5) is 2.45. The molecule has 0 spiro atoms. The topological polar surface area (TPSA) is 3.24 Å². The molecule has 1 aromatic rings. The van der Waals surface area contributed by atoms with Crippen molar-refractivity contribution in [1.82, 2.24) is 4.90 Å². The lowest BCUT2D eigenvalue weighted by Gasteiger charge is -2.44. The molecule has 1 fully saturated rings. The van der Waals surface area contributed by atoms with Crippen LogP contribution in [0.3, 0.4) is 0 Å². The van der Waals surface area contributed by atoms with Crippen LogP contribution in [-0.2, 0) is 6.42 Å². The van der Waals surface area contributed by atoms with Gasteiger partial charge >= 0.3 is 0 Å². The van der Waals surface area contributed by atoms with Crippen molar-refractivity contribution in [1.29, 1.82) is 0 Å². The summed E-state index contributed by atoms with van der Waals surface area (Å²) in [6, 6.07) is 9.69. The van der Waals surface area contributed by atoms with Crippen molar-refractivity contribution < 1.29 is 0 Å². The summed E-state index contributed by atoms with van der Waals surface area (Å²) in [6.45, 7) is 5.75. The maximum atomic E-state index is 2.45. The number of aryl methyl sites for hydroxylation is 1. The zero-order valence-corrected chi connectivity index (χ0v) is 9.33. The molecule has 1 aliphatic heterocycles. The smallest absolute Gasteiger partial charge is 0.0170 e. The lowest BCUT2D eigenvalue weighted by Crippen LogP contribution is -2.53.